The number of hydrogen-bond donors (Lipinski definition) is 1. The Morgan fingerprint density at radius 1 is 1.14 bits per heavy atom. The summed E-state index contributed by atoms with van der Waals surface area (Å²) in [6.45, 7) is 1.94. The Morgan fingerprint density at radius 3 is 2.62 bits per heavy atom. The molecule has 0 saturated heterocycles. The normalized spacial score (nSPS) is 10.7. The zero-order chi connectivity index (χ0) is 15.0. The van der Waals surface area contributed by atoms with Crippen molar-refractivity contribution < 1.29 is 9.90 Å². The number of aryl methyl sites for hydroxylation is 1. The number of nitrogens with zero attached hydrogens (tertiary/aromatic N) is 2. The van der Waals surface area contributed by atoms with E-state index in [0.717, 1.165) is 5.56 Å². The van der Waals surface area contributed by atoms with Gasteiger partial charge in [0.05, 0.1) is 16.6 Å². The number of carboxylic acids is 1. The summed E-state index contributed by atoms with van der Waals surface area (Å²) in [6.07, 6.45) is 0. The second kappa shape index (κ2) is 4.86. The maximum Gasteiger partial charge on any atom is 0.360 e. The number of benzene rings is 2. The fourth-order valence-corrected chi connectivity index (χ4v) is 2.27. The van der Waals surface area contributed by atoms with Crippen LogP contribution in [-0.4, -0.2) is 20.9 Å². The third-order valence-electron chi connectivity index (χ3n) is 3.24. The first-order chi connectivity index (χ1) is 10.1. The number of para-hydroxylation sites is 1. The van der Waals surface area contributed by atoms with Crippen molar-refractivity contribution in [2.45, 2.75) is 6.92 Å². The molecule has 1 aromatic heterocycles. The fourth-order valence-electron chi connectivity index (χ4n) is 2.27. The van der Waals surface area contributed by atoms with Crippen molar-refractivity contribution in [2.75, 3.05) is 0 Å². The highest BCUT2D eigenvalue weighted by molar-refractivity contribution is 5.90. The maximum atomic E-state index is 12.2. The van der Waals surface area contributed by atoms with Crippen LogP contribution in [0.2, 0.25) is 0 Å². The van der Waals surface area contributed by atoms with Gasteiger partial charge in [0.2, 0.25) is 11.1 Å². The summed E-state index contributed by atoms with van der Waals surface area (Å²) in [5.74, 6) is -1.33. The summed E-state index contributed by atoms with van der Waals surface area (Å²) in [6, 6.07) is 14.4. The highest BCUT2D eigenvalue weighted by Crippen LogP contribution is 2.16. The lowest BCUT2D eigenvalue weighted by atomic mass is 10.1. The molecule has 3 aromatic rings. The molecule has 3 rings (SSSR count). The largest absolute Gasteiger partial charge is 0.476 e. The molecule has 0 bridgehead atoms. The minimum Gasteiger partial charge on any atom is -0.476 e. The monoisotopic (exact) mass is 280 g/mol. The van der Waals surface area contributed by atoms with Gasteiger partial charge in [-0.15, -0.1) is 0 Å². The highest BCUT2D eigenvalue weighted by atomic mass is 16.4. The third-order valence-corrected chi connectivity index (χ3v) is 3.24. The van der Waals surface area contributed by atoms with Crippen LogP contribution in [0.5, 0.6) is 0 Å². The van der Waals surface area contributed by atoms with Crippen LogP contribution < -0.4 is 5.43 Å². The zero-order valence-corrected chi connectivity index (χ0v) is 11.3. The molecule has 0 radical (unpaired) electrons. The van der Waals surface area contributed by atoms with Crippen LogP contribution in [0.1, 0.15) is 16.1 Å². The van der Waals surface area contributed by atoms with Gasteiger partial charge in [-0.2, -0.15) is 5.10 Å². The van der Waals surface area contributed by atoms with E-state index in [1.165, 1.54) is 4.68 Å². The first kappa shape index (κ1) is 13.1. The smallest absolute Gasteiger partial charge is 0.360 e. The summed E-state index contributed by atoms with van der Waals surface area (Å²) in [5.41, 5.74) is 1.28. The highest BCUT2D eigenvalue weighted by Gasteiger charge is 2.16. The van der Waals surface area contributed by atoms with Gasteiger partial charge in [-0.3, -0.25) is 4.79 Å². The van der Waals surface area contributed by atoms with E-state index in [1.54, 1.807) is 24.3 Å². The van der Waals surface area contributed by atoms with Gasteiger partial charge >= 0.3 is 5.97 Å². The maximum absolute atomic E-state index is 12.2. The number of carbonyl (C=O) groups is 1. The first-order valence-corrected chi connectivity index (χ1v) is 6.40. The average molecular weight is 280 g/mol. The predicted molar refractivity (Wildman–Crippen MR) is 79.0 cm³/mol. The van der Waals surface area contributed by atoms with Crippen LogP contribution in [0, 0.1) is 6.92 Å². The Morgan fingerprint density at radius 2 is 1.90 bits per heavy atom. The van der Waals surface area contributed by atoms with Crippen molar-refractivity contribution in [3.8, 4) is 5.69 Å². The molecule has 0 unspecified atom stereocenters. The van der Waals surface area contributed by atoms with Gasteiger partial charge in [0.25, 0.3) is 0 Å². The van der Waals surface area contributed by atoms with E-state index in [4.69, 9.17) is 0 Å². The van der Waals surface area contributed by atoms with E-state index in [2.05, 4.69) is 5.10 Å². The van der Waals surface area contributed by atoms with Gasteiger partial charge in [0, 0.05) is 0 Å². The summed E-state index contributed by atoms with van der Waals surface area (Å²) >= 11 is 0. The summed E-state index contributed by atoms with van der Waals surface area (Å²) in [5, 5.41) is 13.5. The molecule has 0 spiro atoms. The molecule has 21 heavy (non-hydrogen) atoms. The lowest BCUT2D eigenvalue weighted by Crippen LogP contribution is -2.22. The van der Waals surface area contributed by atoms with Crippen molar-refractivity contribution in [1.29, 1.82) is 0 Å². The van der Waals surface area contributed by atoms with Crippen LogP contribution in [-0.2, 0) is 0 Å². The Hall–Kier alpha value is -2.95. The lowest BCUT2D eigenvalue weighted by Gasteiger charge is -2.11. The lowest BCUT2D eigenvalue weighted by molar-refractivity contribution is 0.0687. The van der Waals surface area contributed by atoms with Crippen molar-refractivity contribution in [3.63, 3.8) is 0 Å². The van der Waals surface area contributed by atoms with Gasteiger partial charge < -0.3 is 5.11 Å². The Kier molecular flexibility index (Phi) is 3.02. The fraction of sp³-hybridized carbons (Fsp3) is 0.0625. The topological polar surface area (TPSA) is 72.2 Å². The van der Waals surface area contributed by atoms with Crippen molar-refractivity contribution in [3.05, 3.63) is 70.0 Å². The van der Waals surface area contributed by atoms with Crippen LogP contribution >= 0.6 is 0 Å². The van der Waals surface area contributed by atoms with E-state index >= 15 is 0 Å². The van der Waals surface area contributed by atoms with Crippen LogP contribution in [0.25, 0.3) is 16.6 Å². The average Bonchev–Trinajstić information content (AvgIpc) is 2.47. The van der Waals surface area contributed by atoms with E-state index in [9.17, 15) is 14.7 Å². The first-order valence-electron chi connectivity index (χ1n) is 6.40. The molecule has 0 aliphatic carbocycles. The van der Waals surface area contributed by atoms with Crippen molar-refractivity contribution in [1.82, 2.24) is 9.78 Å². The standard InChI is InChI=1S/C16H12N2O3/c1-10-5-4-6-11(9-10)18-13-8-3-2-7-12(13)15(19)14(17-18)16(20)21/h2-9H,1H3,(H,20,21). The van der Waals surface area contributed by atoms with E-state index < -0.39 is 17.1 Å². The molecule has 104 valence electrons. The Labute approximate surface area is 120 Å². The van der Waals surface area contributed by atoms with E-state index in [1.807, 2.05) is 31.2 Å². The molecule has 1 N–H and O–H groups in total. The zero-order valence-electron chi connectivity index (χ0n) is 11.3. The molecule has 2 aromatic carbocycles. The number of fused-ring (bicyclic) bond motifs is 1. The summed E-state index contributed by atoms with van der Waals surface area (Å²) in [4.78, 5) is 23.4. The molecule has 0 amide bonds. The molecule has 5 nitrogen and oxygen atoms in total. The number of hydrogen-bond acceptors (Lipinski definition) is 3. The Bertz CT molecular complexity index is 913. The van der Waals surface area contributed by atoms with Gasteiger partial charge in [0.15, 0.2) is 0 Å². The third kappa shape index (κ3) is 2.18. The molecule has 5 heteroatoms. The van der Waals surface area contributed by atoms with Gasteiger partial charge in [-0.25, -0.2) is 9.48 Å². The molecule has 0 aliphatic rings. The molecule has 0 atom stereocenters. The molecular weight excluding hydrogens is 268 g/mol. The second-order valence-corrected chi connectivity index (χ2v) is 4.75. The van der Waals surface area contributed by atoms with Crippen LogP contribution in [0.15, 0.2) is 53.3 Å². The molecular formula is C16H12N2O3. The van der Waals surface area contributed by atoms with Crippen LogP contribution in [0.3, 0.4) is 0 Å². The number of aromatic nitrogens is 2. The Balaban J connectivity index is 2.44. The minimum atomic E-state index is -1.33. The van der Waals surface area contributed by atoms with Crippen molar-refractivity contribution in [2.24, 2.45) is 0 Å². The molecule has 1 heterocycles. The molecule has 0 saturated carbocycles. The quantitative estimate of drug-likeness (QED) is 0.782. The number of aromatic carboxylic acids is 1. The number of carboxylic acid groups (broad SMARTS) is 1. The SMILES string of the molecule is Cc1cccc(-n2nc(C(=O)O)c(=O)c3ccccc32)c1. The molecule has 0 fully saturated rings. The second-order valence-electron chi connectivity index (χ2n) is 4.75. The summed E-state index contributed by atoms with van der Waals surface area (Å²) < 4.78 is 1.49. The predicted octanol–water partition coefficient (Wildman–Crippen LogP) is 2.39. The number of rotatable bonds is 2. The van der Waals surface area contributed by atoms with E-state index in [-0.39, 0.29) is 0 Å². The summed E-state index contributed by atoms with van der Waals surface area (Å²) in [7, 11) is 0. The van der Waals surface area contributed by atoms with Gasteiger partial charge in [-0.1, -0.05) is 24.3 Å². The van der Waals surface area contributed by atoms with Gasteiger partial charge in [-0.05, 0) is 36.8 Å². The van der Waals surface area contributed by atoms with Crippen LogP contribution in [0.4, 0.5) is 0 Å². The molecule has 0 aliphatic heterocycles. The van der Waals surface area contributed by atoms with E-state index in [0.29, 0.717) is 16.6 Å². The van der Waals surface area contributed by atoms with Crippen molar-refractivity contribution >= 4 is 16.9 Å². The van der Waals surface area contributed by atoms with Gasteiger partial charge in [0.1, 0.15) is 0 Å². The minimum absolute atomic E-state index is 0.339.